The lowest BCUT2D eigenvalue weighted by molar-refractivity contribution is 0.616. The van der Waals surface area contributed by atoms with Gasteiger partial charge in [-0.3, -0.25) is 0 Å². The van der Waals surface area contributed by atoms with E-state index in [1.165, 1.54) is 6.07 Å². The van der Waals surface area contributed by atoms with E-state index in [0.29, 0.717) is 0 Å². The van der Waals surface area contributed by atoms with E-state index >= 15 is 0 Å². The van der Waals surface area contributed by atoms with Gasteiger partial charge >= 0.3 is 0 Å². The molecule has 0 aliphatic carbocycles. The van der Waals surface area contributed by atoms with E-state index in [1.807, 2.05) is 0 Å². The first kappa shape index (κ1) is 6.76. The normalized spacial score (nSPS) is 8.90. The van der Waals surface area contributed by atoms with Gasteiger partial charge in [0.05, 0.1) is 0 Å². The molecule has 0 N–H and O–H groups in total. The lowest BCUT2D eigenvalue weighted by Gasteiger charge is -1.93. The second-order valence-corrected chi connectivity index (χ2v) is 1.93. The van der Waals surface area contributed by atoms with E-state index in [9.17, 15) is 4.39 Å². The van der Waals surface area contributed by atoms with Gasteiger partial charge in [0.2, 0.25) is 0 Å². The van der Waals surface area contributed by atoms with Gasteiger partial charge in [-0.2, -0.15) is 0 Å². The van der Waals surface area contributed by atoms with Gasteiger partial charge in [-0.05, 0) is 25.0 Å². The van der Waals surface area contributed by atoms with E-state index in [0.717, 1.165) is 5.69 Å². The van der Waals surface area contributed by atoms with E-state index in [1.54, 1.807) is 13.0 Å². The monoisotopic (exact) mass is 135 g/mol. The van der Waals surface area contributed by atoms with Crippen LogP contribution >= 0.6 is 0 Å². The predicted molar refractivity (Wildman–Crippen MR) is 36.9 cm³/mol. The number of nitrogens with zero attached hydrogens (tertiary/aromatic N) is 1. The number of aromatic nitrogens is 1. The van der Waals surface area contributed by atoms with Crippen LogP contribution in [0.2, 0.25) is 0 Å². The molecule has 2 heteroatoms. The smallest absolute Gasteiger partial charge is 0.157 e. The van der Waals surface area contributed by atoms with Crippen molar-refractivity contribution in [3.63, 3.8) is 0 Å². The van der Waals surface area contributed by atoms with Crippen LogP contribution in [0.15, 0.2) is 12.1 Å². The van der Waals surface area contributed by atoms with Gasteiger partial charge in [0.1, 0.15) is 5.69 Å². The molecule has 1 aromatic rings. The van der Waals surface area contributed by atoms with Crippen LogP contribution in [-0.4, -0.2) is 4.98 Å². The number of aryl methyl sites for hydroxylation is 1. The van der Waals surface area contributed by atoms with Crippen molar-refractivity contribution in [2.75, 3.05) is 0 Å². The molecule has 0 aliphatic heterocycles. The summed E-state index contributed by atoms with van der Waals surface area (Å²) < 4.78 is 12.6. The molecule has 0 bridgehead atoms. The molecule has 0 radical (unpaired) electrons. The molecule has 0 saturated carbocycles. The zero-order valence-corrected chi connectivity index (χ0v) is 5.56. The van der Waals surface area contributed by atoms with Gasteiger partial charge < -0.3 is 0 Å². The third kappa shape index (κ3) is 1.14. The van der Waals surface area contributed by atoms with Crippen molar-refractivity contribution in [2.24, 2.45) is 0 Å². The van der Waals surface area contributed by atoms with Crippen LogP contribution in [0.1, 0.15) is 11.4 Å². The van der Waals surface area contributed by atoms with Crippen LogP contribution in [-0.2, 0) is 0 Å². The van der Waals surface area contributed by atoms with Crippen molar-refractivity contribution in [2.45, 2.75) is 6.92 Å². The maximum absolute atomic E-state index is 12.6. The molecule has 10 heavy (non-hydrogen) atoms. The third-order valence-corrected chi connectivity index (χ3v) is 1.12. The summed E-state index contributed by atoms with van der Waals surface area (Å²) in [6.45, 7) is 1.76. The summed E-state index contributed by atoms with van der Waals surface area (Å²) in [7, 11) is 0. The van der Waals surface area contributed by atoms with Crippen LogP contribution in [0.3, 0.4) is 0 Å². The summed E-state index contributed by atoms with van der Waals surface area (Å²) in [6, 6.07) is 2.90. The summed E-state index contributed by atoms with van der Waals surface area (Å²) in [5, 5.41) is 0. The minimum atomic E-state index is -0.437. The van der Waals surface area contributed by atoms with Crippen LogP contribution < -0.4 is 0 Å². The fraction of sp³-hybridized carbons (Fsp3) is 0.125. The summed E-state index contributed by atoms with van der Waals surface area (Å²) in [5.74, 6) is 1.71. The molecule has 0 fully saturated rings. The molecule has 0 unspecified atom stereocenters. The van der Waals surface area contributed by atoms with Crippen LogP contribution in [0.4, 0.5) is 4.39 Å². The molecular weight excluding hydrogens is 129 g/mol. The van der Waals surface area contributed by atoms with Crippen molar-refractivity contribution >= 4 is 0 Å². The number of hydrogen-bond donors (Lipinski definition) is 0. The SMILES string of the molecule is C#Cc1nc(C)ccc1F. The number of terminal acetylenes is 1. The van der Waals surface area contributed by atoms with Gasteiger partial charge in [0, 0.05) is 5.69 Å². The fourth-order valence-corrected chi connectivity index (χ4v) is 0.641. The minimum absolute atomic E-state index is 0.0833. The second kappa shape index (κ2) is 2.49. The lowest BCUT2D eigenvalue weighted by atomic mass is 10.3. The van der Waals surface area contributed by atoms with Crippen LogP contribution in [0.25, 0.3) is 0 Å². The number of hydrogen-bond acceptors (Lipinski definition) is 1. The summed E-state index contributed by atoms with van der Waals surface area (Å²) in [5.41, 5.74) is 0.814. The van der Waals surface area contributed by atoms with Gasteiger partial charge in [0.15, 0.2) is 5.82 Å². The summed E-state index contributed by atoms with van der Waals surface area (Å²) in [4.78, 5) is 3.78. The van der Waals surface area contributed by atoms with E-state index in [2.05, 4.69) is 10.9 Å². The molecule has 0 aliphatic rings. The lowest BCUT2D eigenvalue weighted by Crippen LogP contribution is -1.90. The van der Waals surface area contributed by atoms with Gasteiger partial charge in [-0.25, -0.2) is 9.37 Å². The molecule has 1 nitrogen and oxygen atoms in total. The quantitative estimate of drug-likeness (QED) is 0.491. The average Bonchev–Trinajstić information content (AvgIpc) is 1.94. The van der Waals surface area contributed by atoms with E-state index in [4.69, 9.17) is 6.42 Å². The van der Waals surface area contributed by atoms with Crippen molar-refractivity contribution in [3.8, 4) is 12.3 Å². The highest BCUT2D eigenvalue weighted by atomic mass is 19.1. The van der Waals surface area contributed by atoms with E-state index in [-0.39, 0.29) is 5.69 Å². The Labute approximate surface area is 58.9 Å². The molecule has 0 saturated heterocycles. The maximum atomic E-state index is 12.6. The molecule has 0 amide bonds. The second-order valence-electron chi connectivity index (χ2n) is 1.93. The largest absolute Gasteiger partial charge is 0.242 e. The first-order valence-corrected chi connectivity index (χ1v) is 2.84. The van der Waals surface area contributed by atoms with Gasteiger partial charge in [-0.1, -0.05) is 0 Å². The van der Waals surface area contributed by atoms with Crippen molar-refractivity contribution < 1.29 is 4.39 Å². The van der Waals surface area contributed by atoms with Crippen molar-refractivity contribution in [1.82, 2.24) is 4.98 Å². The molecule has 0 atom stereocenters. The van der Waals surface area contributed by atoms with Gasteiger partial charge in [0.25, 0.3) is 0 Å². The average molecular weight is 135 g/mol. The molecule has 0 spiro atoms. The Morgan fingerprint density at radius 1 is 1.60 bits per heavy atom. The Morgan fingerprint density at radius 2 is 2.30 bits per heavy atom. The fourth-order valence-electron chi connectivity index (χ4n) is 0.641. The number of rotatable bonds is 0. The highest BCUT2D eigenvalue weighted by Crippen LogP contribution is 2.02. The first-order chi connectivity index (χ1) is 4.74. The molecule has 0 aromatic carbocycles. The Bertz CT molecular complexity index is 286. The Kier molecular flexibility index (Phi) is 1.68. The molecule has 1 rings (SSSR count). The molecular formula is C8H6FN. The summed E-state index contributed by atoms with van der Waals surface area (Å²) in [6.07, 6.45) is 4.97. The molecule has 50 valence electrons. The van der Waals surface area contributed by atoms with Crippen LogP contribution in [0.5, 0.6) is 0 Å². The first-order valence-electron chi connectivity index (χ1n) is 2.84. The standard InChI is InChI=1S/C8H6FN/c1-3-8-7(9)5-4-6(2)10-8/h1,4-5H,2H3. The number of pyridine rings is 1. The van der Waals surface area contributed by atoms with E-state index < -0.39 is 5.82 Å². The van der Waals surface area contributed by atoms with Crippen LogP contribution in [0, 0.1) is 25.1 Å². The molecule has 1 heterocycles. The Hall–Kier alpha value is -1.36. The number of halogens is 1. The van der Waals surface area contributed by atoms with Gasteiger partial charge in [-0.15, -0.1) is 6.42 Å². The zero-order chi connectivity index (χ0) is 7.56. The topological polar surface area (TPSA) is 12.9 Å². The highest BCUT2D eigenvalue weighted by molar-refractivity contribution is 5.27. The Balaban J connectivity index is 3.25. The maximum Gasteiger partial charge on any atom is 0.157 e. The predicted octanol–water partition coefficient (Wildman–Crippen LogP) is 1.51. The zero-order valence-electron chi connectivity index (χ0n) is 5.56. The third-order valence-electron chi connectivity index (χ3n) is 1.12. The minimum Gasteiger partial charge on any atom is -0.242 e. The highest BCUT2D eigenvalue weighted by Gasteiger charge is 1.97. The Morgan fingerprint density at radius 3 is 2.80 bits per heavy atom. The molecule has 1 aromatic heterocycles. The van der Waals surface area contributed by atoms with Crippen molar-refractivity contribution in [3.05, 3.63) is 29.3 Å². The summed E-state index contributed by atoms with van der Waals surface area (Å²) >= 11 is 0. The van der Waals surface area contributed by atoms with Crippen molar-refractivity contribution in [1.29, 1.82) is 0 Å².